The average Bonchev–Trinajstić information content (AvgIpc) is 2.67. The van der Waals surface area contributed by atoms with Gasteiger partial charge in [-0.25, -0.2) is 0 Å². The van der Waals surface area contributed by atoms with Crippen molar-refractivity contribution in [3.63, 3.8) is 0 Å². The van der Waals surface area contributed by atoms with Crippen molar-refractivity contribution in [2.24, 2.45) is 0 Å². The number of nitrogens with one attached hydrogen (secondary N) is 1. The predicted molar refractivity (Wildman–Crippen MR) is 118 cm³/mol. The molecule has 2 aliphatic heterocycles. The van der Waals surface area contributed by atoms with Crippen LogP contribution in [0.15, 0.2) is 46.2 Å². The maximum atomic E-state index is 10.7. The average molecular weight is 418 g/mol. The Hall–Kier alpha value is -1.40. The van der Waals surface area contributed by atoms with Crippen molar-refractivity contribution in [3.8, 4) is 5.75 Å². The van der Waals surface area contributed by atoms with Crippen molar-refractivity contribution < 1.29 is 5.11 Å². The Balaban J connectivity index is 1.46. The van der Waals surface area contributed by atoms with Crippen LogP contribution in [0.3, 0.4) is 0 Å². The summed E-state index contributed by atoms with van der Waals surface area (Å²) >= 11 is 7.93. The van der Waals surface area contributed by atoms with Gasteiger partial charge in [0.1, 0.15) is 0 Å². The summed E-state index contributed by atoms with van der Waals surface area (Å²) in [7, 11) is 0. The van der Waals surface area contributed by atoms with Crippen LogP contribution < -0.4 is 10.2 Å². The Kier molecular flexibility index (Phi) is 6.07. The van der Waals surface area contributed by atoms with E-state index in [4.69, 9.17) is 11.6 Å². The molecule has 0 aromatic heterocycles. The summed E-state index contributed by atoms with van der Waals surface area (Å²) in [6, 6.07) is 13.3. The number of phenols is 1. The van der Waals surface area contributed by atoms with E-state index in [-0.39, 0.29) is 5.75 Å². The summed E-state index contributed by atoms with van der Waals surface area (Å²) in [4.78, 5) is 7.09. The van der Waals surface area contributed by atoms with Crippen molar-refractivity contribution in [2.45, 2.75) is 48.6 Å². The largest absolute Gasteiger partial charge is 0.504 e. The number of fused-ring (bicyclic) bond motifs is 2. The van der Waals surface area contributed by atoms with Crippen LogP contribution in [0.2, 0.25) is 5.02 Å². The van der Waals surface area contributed by atoms with E-state index in [1.807, 2.05) is 6.07 Å². The van der Waals surface area contributed by atoms with Crippen LogP contribution in [-0.4, -0.2) is 48.3 Å². The highest BCUT2D eigenvalue weighted by Crippen LogP contribution is 2.53. The molecule has 150 valence electrons. The van der Waals surface area contributed by atoms with E-state index in [2.05, 4.69) is 53.2 Å². The summed E-state index contributed by atoms with van der Waals surface area (Å²) in [6.45, 7) is 8.74. The van der Waals surface area contributed by atoms with Gasteiger partial charge in [0.05, 0.1) is 16.4 Å². The van der Waals surface area contributed by atoms with Gasteiger partial charge in [0.15, 0.2) is 5.75 Å². The molecule has 28 heavy (non-hydrogen) atoms. The summed E-state index contributed by atoms with van der Waals surface area (Å²) in [5.41, 5.74) is 2.00. The predicted octanol–water partition coefficient (Wildman–Crippen LogP) is 5.11. The van der Waals surface area contributed by atoms with E-state index in [0.29, 0.717) is 17.1 Å². The third kappa shape index (κ3) is 4.13. The molecule has 2 aliphatic rings. The number of unbranched alkanes of at least 4 members (excludes halogenated alkanes) is 1. The normalized spacial score (nSPS) is 22.0. The fourth-order valence-corrected chi connectivity index (χ4v) is 5.60. The SMILES string of the molecule is CC1CN(CCCCN2c3ccccc3Sc3ccc(Cl)c(O)c32)CC(C)N1. The summed E-state index contributed by atoms with van der Waals surface area (Å²) in [5, 5.41) is 14.7. The second kappa shape index (κ2) is 8.54. The molecule has 2 heterocycles. The molecule has 0 bridgehead atoms. The Morgan fingerprint density at radius 3 is 2.54 bits per heavy atom. The quantitative estimate of drug-likeness (QED) is 0.661. The molecular weight excluding hydrogens is 390 g/mol. The molecule has 2 unspecified atom stereocenters. The van der Waals surface area contributed by atoms with Crippen LogP contribution in [-0.2, 0) is 0 Å². The van der Waals surface area contributed by atoms with Crippen molar-refractivity contribution in [2.75, 3.05) is 31.1 Å². The van der Waals surface area contributed by atoms with Crippen LogP contribution in [0, 0.1) is 0 Å². The number of phenolic OH excluding ortho intramolecular Hbond substituents is 1. The number of rotatable bonds is 5. The lowest BCUT2D eigenvalue weighted by Gasteiger charge is -2.36. The molecule has 4 nitrogen and oxygen atoms in total. The zero-order chi connectivity index (χ0) is 19.7. The highest BCUT2D eigenvalue weighted by molar-refractivity contribution is 7.99. The second-order valence-corrected chi connectivity index (χ2v) is 9.39. The molecule has 0 aliphatic carbocycles. The van der Waals surface area contributed by atoms with Gasteiger partial charge in [0.25, 0.3) is 0 Å². The minimum Gasteiger partial charge on any atom is -0.504 e. The number of para-hydroxylation sites is 1. The standard InChI is InChI=1S/C22H28ClN3OS/c1-15-13-25(14-16(2)24-15)11-5-6-12-26-18-7-3-4-8-19(18)28-20-10-9-17(23)22(27)21(20)26/h3-4,7-10,15-16,24,27H,5-6,11-14H2,1-2H3. The fourth-order valence-electron chi connectivity index (χ4n) is 4.35. The minimum atomic E-state index is 0.186. The van der Waals surface area contributed by atoms with Gasteiger partial charge in [-0.3, -0.25) is 0 Å². The highest BCUT2D eigenvalue weighted by Gasteiger charge is 2.27. The number of aromatic hydroxyl groups is 1. The van der Waals surface area contributed by atoms with Crippen LogP contribution in [0.1, 0.15) is 26.7 Å². The summed E-state index contributed by atoms with van der Waals surface area (Å²) in [6.07, 6.45) is 2.21. The Morgan fingerprint density at radius 1 is 1.04 bits per heavy atom. The van der Waals surface area contributed by atoms with Crippen molar-refractivity contribution >= 4 is 34.7 Å². The first kappa shape index (κ1) is 19.9. The van der Waals surface area contributed by atoms with Crippen molar-refractivity contribution in [1.82, 2.24) is 10.2 Å². The van der Waals surface area contributed by atoms with Gasteiger partial charge in [0.2, 0.25) is 0 Å². The molecular formula is C22H28ClN3OS. The molecule has 2 atom stereocenters. The minimum absolute atomic E-state index is 0.186. The molecule has 0 radical (unpaired) electrons. The summed E-state index contributed by atoms with van der Waals surface area (Å²) < 4.78 is 0. The zero-order valence-corrected chi connectivity index (χ0v) is 18.1. The van der Waals surface area contributed by atoms with Crippen LogP contribution >= 0.6 is 23.4 Å². The topological polar surface area (TPSA) is 38.7 Å². The molecule has 0 saturated carbocycles. The van der Waals surface area contributed by atoms with E-state index in [9.17, 15) is 5.11 Å². The molecule has 0 spiro atoms. The molecule has 2 N–H and O–H groups in total. The fraction of sp³-hybridized carbons (Fsp3) is 0.455. The number of halogens is 1. The third-order valence-electron chi connectivity index (χ3n) is 5.45. The van der Waals surface area contributed by atoms with Crippen LogP contribution in [0.5, 0.6) is 5.75 Å². The number of anilines is 2. The Labute approximate surface area is 176 Å². The van der Waals surface area contributed by atoms with Gasteiger partial charge < -0.3 is 20.2 Å². The first-order chi connectivity index (χ1) is 13.5. The molecule has 0 amide bonds. The molecule has 4 rings (SSSR count). The van der Waals surface area contributed by atoms with Gasteiger partial charge >= 0.3 is 0 Å². The number of hydrogen-bond donors (Lipinski definition) is 2. The van der Waals surface area contributed by atoms with E-state index in [1.54, 1.807) is 17.8 Å². The molecule has 2 aromatic rings. The van der Waals surface area contributed by atoms with Gasteiger partial charge in [-0.2, -0.15) is 0 Å². The van der Waals surface area contributed by atoms with E-state index in [1.165, 1.54) is 4.90 Å². The Morgan fingerprint density at radius 2 is 1.75 bits per heavy atom. The Bertz CT molecular complexity index is 837. The number of nitrogens with zero attached hydrogens (tertiary/aromatic N) is 2. The zero-order valence-electron chi connectivity index (χ0n) is 16.5. The third-order valence-corrected chi connectivity index (χ3v) is 6.87. The lowest BCUT2D eigenvalue weighted by Crippen LogP contribution is -2.54. The van der Waals surface area contributed by atoms with Crippen molar-refractivity contribution in [3.05, 3.63) is 41.4 Å². The molecule has 1 saturated heterocycles. The summed E-state index contributed by atoms with van der Waals surface area (Å²) in [5.74, 6) is 0.186. The second-order valence-electron chi connectivity index (χ2n) is 7.90. The monoisotopic (exact) mass is 417 g/mol. The van der Waals surface area contributed by atoms with Gasteiger partial charge in [-0.15, -0.1) is 0 Å². The molecule has 1 fully saturated rings. The highest BCUT2D eigenvalue weighted by atomic mass is 35.5. The van der Waals surface area contributed by atoms with Gasteiger partial charge in [-0.1, -0.05) is 35.5 Å². The number of piperazine rings is 1. The van der Waals surface area contributed by atoms with Crippen molar-refractivity contribution in [1.29, 1.82) is 0 Å². The molecule has 6 heteroatoms. The maximum absolute atomic E-state index is 10.7. The van der Waals surface area contributed by atoms with Gasteiger partial charge in [-0.05, 0) is 57.5 Å². The lowest BCUT2D eigenvalue weighted by atomic mass is 10.1. The van der Waals surface area contributed by atoms with E-state index >= 15 is 0 Å². The lowest BCUT2D eigenvalue weighted by molar-refractivity contribution is 0.171. The maximum Gasteiger partial charge on any atom is 0.159 e. The van der Waals surface area contributed by atoms with Gasteiger partial charge in [0, 0.05) is 41.5 Å². The first-order valence-electron chi connectivity index (χ1n) is 10.1. The molecule has 2 aromatic carbocycles. The smallest absolute Gasteiger partial charge is 0.159 e. The van der Waals surface area contributed by atoms with Crippen LogP contribution in [0.4, 0.5) is 11.4 Å². The van der Waals surface area contributed by atoms with E-state index in [0.717, 1.165) is 55.3 Å². The van der Waals surface area contributed by atoms with Crippen LogP contribution in [0.25, 0.3) is 0 Å². The van der Waals surface area contributed by atoms with E-state index < -0.39 is 0 Å². The first-order valence-corrected chi connectivity index (χ1v) is 11.3. The number of benzene rings is 2. The number of hydrogen-bond acceptors (Lipinski definition) is 5.